The van der Waals surface area contributed by atoms with Gasteiger partial charge in [-0.2, -0.15) is 0 Å². The van der Waals surface area contributed by atoms with Crippen LogP contribution >= 0.6 is 0 Å². The number of likely N-dealkylation sites (N-methyl/N-ethyl adjacent to an activating group) is 1. The quantitative estimate of drug-likeness (QED) is 0.696. The van der Waals surface area contributed by atoms with Crippen molar-refractivity contribution < 1.29 is 9.84 Å². The van der Waals surface area contributed by atoms with Crippen molar-refractivity contribution in [1.29, 1.82) is 0 Å². The third kappa shape index (κ3) is 4.01. The van der Waals surface area contributed by atoms with Crippen molar-refractivity contribution in [2.75, 3.05) is 40.4 Å². The average molecular weight is 230 g/mol. The molecule has 0 amide bonds. The summed E-state index contributed by atoms with van der Waals surface area (Å²) in [5.41, 5.74) is 0.00968. The van der Waals surface area contributed by atoms with Gasteiger partial charge in [0.25, 0.3) is 0 Å². The van der Waals surface area contributed by atoms with Gasteiger partial charge in [0.05, 0.1) is 5.60 Å². The summed E-state index contributed by atoms with van der Waals surface area (Å²) in [6.45, 7) is 5.56. The maximum absolute atomic E-state index is 8.96. The molecule has 0 aromatic heterocycles. The van der Waals surface area contributed by atoms with Crippen LogP contribution in [0.5, 0.6) is 0 Å². The lowest BCUT2D eigenvalue weighted by Gasteiger charge is -2.40. The molecule has 4 heteroatoms. The summed E-state index contributed by atoms with van der Waals surface area (Å²) in [5.74, 6) is 0. The smallest absolute Gasteiger partial charge is 0.0777 e. The minimum atomic E-state index is 0.00968. The van der Waals surface area contributed by atoms with Gasteiger partial charge in [0.2, 0.25) is 0 Å². The van der Waals surface area contributed by atoms with Crippen LogP contribution in [0.1, 0.15) is 26.2 Å². The Kier molecular flexibility index (Phi) is 5.69. The van der Waals surface area contributed by atoms with Gasteiger partial charge in [-0.15, -0.1) is 0 Å². The van der Waals surface area contributed by atoms with Crippen molar-refractivity contribution in [2.24, 2.45) is 0 Å². The molecule has 4 nitrogen and oxygen atoms in total. The molecule has 0 aromatic carbocycles. The number of aliphatic hydroxyl groups is 1. The van der Waals surface area contributed by atoms with Crippen LogP contribution in [-0.2, 0) is 4.74 Å². The molecule has 0 saturated carbocycles. The van der Waals surface area contributed by atoms with Crippen LogP contribution in [0.15, 0.2) is 0 Å². The monoisotopic (exact) mass is 230 g/mol. The third-order valence-electron chi connectivity index (χ3n) is 3.60. The molecule has 1 fully saturated rings. The number of aliphatic hydroxyl groups excluding tert-OH is 1. The van der Waals surface area contributed by atoms with E-state index in [-0.39, 0.29) is 12.2 Å². The van der Waals surface area contributed by atoms with Crippen LogP contribution in [0, 0.1) is 0 Å². The van der Waals surface area contributed by atoms with E-state index in [1.54, 1.807) is 7.11 Å². The predicted molar refractivity (Wildman–Crippen MR) is 65.6 cm³/mol. The summed E-state index contributed by atoms with van der Waals surface area (Å²) < 4.78 is 5.57. The normalized spacial score (nSPS) is 29.2. The molecule has 1 aliphatic heterocycles. The van der Waals surface area contributed by atoms with Crippen LogP contribution < -0.4 is 5.32 Å². The number of nitrogens with zero attached hydrogens (tertiary/aromatic N) is 1. The fourth-order valence-electron chi connectivity index (χ4n) is 2.42. The Labute approximate surface area is 99.0 Å². The summed E-state index contributed by atoms with van der Waals surface area (Å²) in [6.07, 6.45) is 3.15. The Bertz CT molecular complexity index is 201. The Morgan fingerprint density at radius 1 is 1.56 bits per heavy atom. The molecule has 0 aliphatic carbocycles. The number of likely N-dealkylation sites (tertiary alicyclic amines) is 1. The van der Waals surface area contributed by atoms with Crippen molar-refractivity contribution in [3.8, 4) is 0 Å². The molecule has 1 aliphatic rings. The lowest BCUT2D eigenvalue weighted by Crippen LogP contribution is -2.51. The van der Waals surface area contributed by atoms with Gasteiger partial charge in [-0.05, 0) is 39.8 Å². The number of nitrogens with one attached hydrogen (secondary N) is 1. The zero-order valence-electron chi connectivity index (χ0n) is 10.8. The molecule has 1 rings (SSSR count). The molecule has 0 aromatic rings. The first-order valence-corrected chi connectivity index (χ1v) is 6.19. The molecule has 1 saturated heterocycles. The van der Waals surface area contributed by atoms with E-state index in [0.29, 0.717) is 6.04 Å². The molecule has 16 heavy (non-hydrogen) atoms. The van der Waals surface area contributed by atoms with E-state index in [2.05, 4.69) is 17.1 Å². The van der Waals surface area contributed by atoms with Crippen molar-refractivity contribution in [3.63, 3.8) is 0 Å². The van der Waals surface area contributed by atoms with E-state index >= 15 is 0 Å². The Morgan fingerprint density at radius 2 is 2.31 bits per heavy atom. The van der Waals surface area contributed by atoms with Crippen LogP contribution in [0.2, 0.25) is 0 Å². The van der Waals surface area contributed by atoms with Gasteiger partial charge in [-0.1, -0.05) is 0 Å². The Morgan fingerprint density at radius 3 is 2.88 bits per heavy atom. The van der Waals surface area contributed by atoms with Crippen molar-refractivity contribution >= 4 is 0 Å². The first kappa shape index (κ1) is 13.9. The molecule has 1 heterocycles. The molecular weight excluding hydrogens is 204 g/mol. The number of methoxy groups -OCH3 is 1. The van der Waals surface area contributed by atoms with E-state index in [1.807, 2.05) is 7.05 Å². The topological polar surface area (TPSA) is 44.7 Å². The number of ether oxygens (including phenoxy) is 1. The standard InChI is InChI=1S/C12H26N2O2/c1-12(16-3)6-4-7-14(10-12)9-11(13-2)5-8-15/h11,13,15H,4-10H2,1-3H3. The van der Waals surface area contributed by atoms with Gasteiger partial charge in [-0.25, -0.2) is 0 Å². The minimum Gasteiger partial charge on any atom is -0.396 e. The fourth-order valence-corrected chi connectivity index (χ4v) is 2.42. The van der Waals surface area contributed by atoms with Crippen LogP contribution in [0.3, 0.4) is 0 Å². The van der Waals surface area contributed by atoms with E-state index in [1.165, 1.54) is 6.42 Å². The zero-order valence-corrected chi connectivity index (χ0v) is 10.8. The molecule has 2 N–H and O–H groups in total. The van der Waals surface area contributed by atoms with E-state index in [9.17, 15) is 0 Å². The lowest BCUT2D eigenvalue weighted by atomic mass is 9.94. The highest BCUT2D eigenvalue weighted by atomic mass is 16.5. The van der Waals surface area contributed by atoms with Gasteiger partial charge in [-0.3, -0.25) is 4.90 Å². The summed E-state index contributed by atoms with van der Waals surface area (Å²) in [5, 5.41) is 12.2. The maximum atomic E-state index is 8.96. The lowest BCUT2D eigenvalue weighted by molar-refractivity contribution is -0.0525. The van der Waals surface area contributed by atoms with E-state index in [0.717, 1.165) is 32.5 Å². The van der Waals surface area contributed by atoms with Crippen molar-refractivity contribution in [1.82, 2.24) is 10.2 Å². The van der Waals surface area contributed by atoms with Gasteiger partial charge < -0.3 is 15.2 Å². The molecular formula is C12H26N2O2. The summed E-state index contributed by atoms with van der Waals surface area (Å²) in [7, 11) is 3.76. The van der Waals surface area contributed by atoms with E-state index in [4.69, 9.17) is 9.84 Å². The predicted octanol–water partition coefficient (Wildman–Crippen LogP) is 0.458. The third-order valence-corrected chi connectivity index (χ3v) is 3.60. The Hall–Kier alpha value is -0.160. The molecule has 0 spiro atoms. The molecule has 0 radical (unpaired) electrons. The van der Waals surface area contributed by atoms with Gasteiger partial charge >= 0.3 is 0 Å². The molecule has 2 atom stereocenters. The summed E-state index contributed by atoms with van der Waals surface area (Å²) in [6, 6.07) is 0.379. The second-order valence-electron chi connectivity index (χ2n) is 4.99. The number of hydrogen-bond donors (Lipinski definition) is 2. The fraction of sp³-hybridized carbons (Fsp3) is 1.00. The van der Waals surface area contributed by atoms with E-state index < -0.39 is 0 Å². The van der Waals surface area contributed by atoms with Gasteiger partial charge in [0.15, 0.2) is 0 Å². The van der Waals surface area contributed by atoms with Gasteiger partial charge in [0.1, 0.15) is 0 Å². The molecule has 0 bridgehead atoms. The molecule has 2 unspecified atom stereocenters. The maximum Gasteiger partial charge on any atom is 0.0777 e. The largest absolute Gasteiger partial charge is 0.396 e. The molecule has 96 valence electrons. The number of rotatable bonds is 6. The van der Waals surface area contributed by atoms with Crippen LogP contribution in [-0.4, -0.2) is 62.0 Å². The highest BCUT2D eigenvalue weighted by Crippen LogP contribution is 2.23. The van der Waals surface area contributed by atoms with Gasteiger partial charge in [0, 0.05) is 32.8 Å². The number of hydrogen-bond acceptors (Lipinski definition) is 4. The van der Waals surface area contributed by atoms with Crippen LogP contribution in [0.25, 0.3) is 0 Å². The Balaban J connectivity index is 2.41. The summed E-state index contributed by atoms with van der Waals surface area (Å²) >= 11 is 0. The second-order valence-corrected chi connectivity index (χ2v) is 4.99. The average Bonchev–Trinajstić information content (AvgIpc) is 2.29. The first-order chi connectivity index (χ1) is 7.63. The minimum absolute atomic E-state index is 0.00968. The SMILES string of the molecule is CNC(CCO)CN1CCCC(C)(OC)C1. The highest BCUT2D eigenvalue weighted by molar-refractivity contribution is 4.86. The summed E-state index contributed by atoms with van der Waals surface area (Å²) in [4.78, 5) is 2.43. The van der Waals surface area contributed by atoms with Crippen LogP contribution in [0.4, 0.5) is 0 Å². The highest BCUT2D eigenvalue weighted by Gasteiger charge is 2.31. The van der Waals surface area contributed by atoms with Crippen molar-refractivity contribution in [2.45, 2.75) is 37.8 Å². The number of piperidine rings is 1. The van der Waals surface area contributed by atoms with Crippen molar-refractivity contribution in [3.05, 3.63) is 0 Å². The first-order valence-electron chi connectivity index (χ1n) is 6.19. The zero-order chi connectivity index (χ0) is 12.0. The second kappa shape index (κ2) is 6.55.